The van der Waals surface area contributed by atoms with Crippen LogP contribution in [-0.2, 0) is 16.0 Å². The zero-order valence-corrected chi connectivity index (χ0v) is 11.6. The van der Waals surface area contributed by atoms with E-state index in [2.05, 4.69) is 0 Å². The Hall–Kier alpha value is -1.68. The van der Waals surface area contributed by atoms with Crippen molar-refractivity contribution in [3.8, 4) is 0 Å². The lowest BCUT2D eigenvalue weighted by molar-refractivity contribution is -0.171. The fraction of sp³-hybridized carbons (Fsp3) is 0.467. The topological polar surface area (TPSA) is 63.6 Å². The summed E-state index contributed by atoms with van der Waals surface area (Å²) in [7, 11) is 0. The summed E-state index contributed by atoms with van der Waals surface area (Å²) < 4.78 is 5.16. The van der Waals surface area contributed by atoms with E-state index in [1.165, 1.54) is 0 Å². The molecule has 0 saturated heterocycles. The van der Waals surface area contributed by atoms with Crippen LogP contribution in [0.2, 0.25) is 0 Å². The van der Waals surface area contributed by atoms with Crippen LogP contribution in [-0.4, -0.2) is 28.1 Å². The van der Waals surface area contributed by atoms with Crippen LogP contribution in [0, 0.1) is 6.92 Å². The van der Waals surface area contributed by atoms with Gasteiger partial charge in [-0.25, -0.2) is 4.79 Å². The maximum Gasteiger partial charge on any atom is 0.347 e. The zero-order chi connectivity index (χ0) is 14.4. The molecule has 4 heteroatoms. The van der Waals surface area contributed by atoms with Gasteiger partial charge >= 0.3 is 5.97 Å². The van der Waals surface area contributed by atoms with Gasteiger partial charge in [0.25, 0.3) is 0 Å². The first-order valence-electron chi connectivity index (χ1n) is 6.24. The molecule has 1 aromatic rings. The zero-order valence-electron chi connectivity index (χ0n) is 11.6. The molecule has 1 atom stereocenters. The number of benzene rings is 1. The normalized spacial score (nSPS) is 22.3. The molecule has 0 aliphatic heterocycles. The van der Waals surface area contributed by atoms with Gasteiger partial charge in [0, 0.05) is 12.0 Å². The van der Waals surface area contributed by atoms with E-state index in [9.17, 15) is 14.7 Å². The first-order chi connectivity index (χ1) is 8.65. The highest BCUT2D eigenvalue weighted by molar-refractivity contribution is 6.18. The van der Waals surface area contributed by atoms with E-state index in [-0.39, 0.29) is 6.42 Å². The first-order valence-corrected chi connectivity index (χ1v) is 6.24. The standard InChI is InChI=1S/C15H18O4/c1-9-6-5-7-10-11(9)8-15(18,12(10)16)13(17)19-14(2,3)4/h5-7,18H,8H2,1-4H3/t15-/m0/s1. The highest BCUT2D eigenvalue weighted by Gasteiger charge is 2.52. The maximum absolute atomic E-state index is 12.2. The number of Topliss-reactive ketones (excluding diaryl/α,β-unsaturated/α-hetero) is 1. The molecule has 0 aromatic heterocycles. The highest BCUT2D eigenvalue weighted by atomic mass is 16.6. The Labute approximate surface area is 112 Å². The number of hydrogen-bond donors (Lipinski definition) is 1. The Morgan fingerprint density at radius 3 is 2.53 bits per heavy atom. The van der Waals surface area contributed by atoms with E-state index in [0.29, 0.717) is 5.56 Å². The lowest BCUT2D eigenvalue weighted by Crippen LogP contribution is -2.48. The van der Waals surface area contributed by atoms with Crippen molar-refractivity contribution in [3.63, 3.8) is 0 Å². The number of aliphatic hydroxyl groups is 1. The number of fused-ring (bicyclic) bond motifs is 1. The number of carbonyl (C=O) groups excluding carboxylic acids is 2. The lowest BCUT2D eigenvalue weighted by Gasteiger charge is -2.26. The molecule has 0 spiro atoms. The quantitative estimate of drug-likeness (QED) is 0.619. The van der Waals surface area contributed by atoms with Crippen LogP contribution in [0.5, 0.6) is 0 Å². The highest BCUT2D eigenvalue weighted by Crippen LogP contribution is 2.33. The van der Waals surface area contributed by atoms with Gasteiger partial charge in [0.05, 0.1) is 0 Å². The largest absolute Gasteiger partial charge is 0.457 e. The predicted octanol–water partition coefficient (Wildman–Crippen LogP) is 1.81. The van der Waals surface area contributed by atoms with Gasteiger partial charge in [0.1, 0.15) is 5.60 Å². The Kier molecular flexibility index (Phi) is 3.01. The van der Waals surface area contributed by atoms with Gasteiger partial charge in [0.2, 0.25) is 11.4 Å². The van der Waals surface area contributed by atoms with Crippen LogP contribution in [0.4, 0.5) is 0 Å². The summed E-state index contributed by atoms with van der Waals surface area (Å²) in [5, 5.41) is 10.4. The lowest BCUT2D eigenvalue weighted by atomic mass is 9.98. The Morgan fingerprint density at radius 2 is 2.00 bits per heavy atom. The van der Waals surface area contributed by atoms with Gasteiger partial charge in [-0.15, -0.1) is 0 Å². The molecule has 102 valence electrons. The minimum absolute atomic E-state index is 0.0112. The molecule has 19 heavy (non-hydrogen) atoms. The van der Waals surface area contributed by atoms with E-state index < -0.39 is 23.0 Å². The van der Waals surface area contributed by atoms with Crippen molar-refractivity contribution in [2.75, 3.05) is 0 Å². The molecule has 1 aromatic carbocycles. The van der Waals surface area contributed by atoms with Crippen molar-refractivity contribution in [3.05, 3.63) is 34.9 Å². The van der Waals surface area contributed by atoms with Crippen molar-refractivity contribution < 1.29 is 19.4 Å². The summed E-state index contributed by atoms with van der Waals surface area (Å²) in [6.07, 6.45) is -0.0112. The summed E-state index contributed by atoms with van der Waals surface area (Å²) in [5.41, 5.74) is -0.793. The fourth-order valence-corrected chi connectivity index (χ4v) is 2.24. The van der Waals surface area contributed by atoms with Crippen molar-refractivity contribution in [1.29, 1.82) is 0 Å². The second kappa shape index (κ2) is 4.17. The van der Waals surface area contributed by atoms with Gasteiger partial charge in [0.15, 0.2) is 0 Å². The minimum atomic E-state index is -2.08. The molecule has 0 fully saturated rings. The van der Waals surface area contributed by atoms with E-state index in [1.54, 1.807) is 32.9 Å². The fourth-order valence-electron chi connectivity index (χ4n) is 2.24. The van der Waals surface area contributed by atoms with Crippen LogP contribution in [0.25, 0.3) is 0 Å². The van der Waals surface area contributed by atoms with Crippen molar-refractivity contribution >= 4 is 11.8 Å². The molecule has 0 radical (unpaired) electrons. The Morgan fingerprint density at radius 1 is 1.37 bits per heavy atom. The molecule has 0 amide bonds. The molecular formula is C15H18O4. The predicted molar refractivity (Wildman–Crippen MR) is 70.0 cm³/mol. The van der Waals surface area contributed by atoms with Crippen LogP contribution in [0.15, 0.2) is 18.2 Å². The smallest absolute Gasteiger partial charge is 0.347 e. The van der Waals surface area contributed by atoms with Gasteiger partial charge < -0.3 is 9.84 Å². The van der Waals surface area contributed by atoms with Crippen molar-refractivity contribution in [2.24, 2.45) is 0 Å². The number of ketones is 1. The molecule has 2 rings (SSSR count). The van der Waals surface area contributed by atoms with E-state index in [1.807, 2.05) is 13.0 Å². The number of esters is 1. The van der Waals surface area contributed by atoms with Crippen molar-refractivity contribution in [1.82, 2.24) is 0 Å². The molecule has 0 bridgehead atoms. The molecule has 1 aliphatic rings. The number of hydrogen-bond acceptors (Lipinski definition) is 4. The minimum Gasteiger partial charge on any atom is -0.457 e. The summed E-state index contributed by atoms with van der Waals surface area (Å²) in [6, 6.07) is 5.23. The molecule has 1 aliphatic carbocycles. The average Bonchev–Trinajstić information content (AvgIpc) is 2.53. The number of carbonyl (C=O) groups is 2. The third-order valence-corrected chi connectivity index (χ3v) is 3.20. The van der Waals surface area contributed by atoms with Crippen LogP contribution >= 0.6 is 0 Å². The Bertz CT molecular complexity index is 554. The second-order valence-corrected chi connectivity index (χ2v) is 5.97. The van der Waals surface area contributed by atoms with Crippen molar-refractivity contribution in [2.45, 2.75) is 45.3 Å². The third kappa shape index (κ3) is 2.28. The van der Waals surface area contributed by atoms with E-state index in [0.717, 1.165) is 11.1 Å². The molecule has 1 N–H and O–H groups in total. The van der Waals surface area contributed by atoms with Gasteiger partial charge in [-0.05, 0) is 38.8 Å². The Balaban J connectivity index is 2.37. The summed E-state index contributed by atoms with van der Waals surface area (Å²) in [5.74, 6) is -1.44. The third-order valence-electron chi connectivity index (χ3n) is 3.20. The summed E-state index contributed by atoms with van der Waals surface area (Å²) >= 11 is 0. The number of ether oxygens (including phenoxy) is 1. The van der Waals surface area contributed by atoms with E-state index in [4.69, 9.17) is 4.74 Å². The molecular weight excluding hydrogens is 244 g/mol. The van der Waals surface area contributed by atoms with Crippen LogP contribution in [0.1, 0.15) is 42.3 Å². The van der Waals surface area contributed by atoms with Gasteiger partial charge in [-0.1, -0.05) is 18.2 Å². The monoisotopic (exact) mass is 262 g/mol. The summed E-state index contributed by atoms with van der Waals surface area (Å²) in [4.78, 5) is 24.3. The molecule has 4 nitrogen and oxygen atoms in total. The first kappa shape index (κ1) is 13.7. The molecule has 0 unspecified atom stereocenters. The van der Waals surface area contributed by atoms with Gasteiger partial charge in [-0.2, -0.15) is 0 Å². The maximum atomic E-state index is 12.2. The second-order valence-electron chi connectivity index (χ2n) is 5.97. The number of rotatable bonds is 1. The van der Waals surface area contributed by atoms with Gasteiger partial charge in [-0.3, -0.25) is 4.79 Å². The van der Waals surface area contributed by atoms with Crippen LogP contribution < -0.4 is 0 Å². The molecule has 0 heterocycles. The summed E-state index contributed by atoms with van der Waals surface area (Å²) in [6.45, 7) is 6.96. The SMILES string of the molecule is Cc1cccc2c1C[C@@](O)(C(=O)OC(C)(C)C)C2=O. The number of aryl methyl sites for hydroxylation is 1. The average molecular weight is 262 g/mol. The van der Waals surface area contributed by atoms with E-state index >= 15 is 0 Å². The van der Waals surface area contributed by atoms with Crippen LogP contribution in [0.3, 0.4) is 0 Å². The molecule has 0 saturated carbocycles.